The molecule has 0 saturated heterocycles. The van der Waals surface area contributed by atoms with E-state index in [0.29, 0.717) is 0 Å². The van der Waals surface area contributed by atoms with Crippen LogP contribution in [0.25, 0.3) is 0 Å². The zero-order chi connectivity index (χ0) is 12.4. The van der Waals surface area contributed by atoms with Crippen LogP contribution in [0.5, 0.6) is 0 Å². The molecular weight excluding hydrogens is 206 g/mol. The Labute approximate surface area is 103 Å². The number of hydrogen-bond donors (Lipinski definition) is 0. The van der Waals surface area contributed by atoms with E-state index in [4.69, 9.17) is 0 Å². The molecule has 86 valence electrons. The molecule has 0 unspecified atom stereocenters. The van der Waals surface area contributed by atoms with Crippen molar-refractivity contribution in [2.75, 3.05) is 0 Å². The number of aryl methyl sites for hydroxylation is 2. The highest BCUT2D eigenvalue weighted by Crippen LogP contribution is 2.22. The molecule has 0 atom stereocenters. The second-order valence-electron chi connectivity index (χ2n) is 4.53. The lowest BCUT2D eigenvalue weighted by molar-refractivity contribution is 1.34. The molecule has 1 aliphatic rings. The average Bonchev–Trinajstić information content (AvgIpc) is 2.27. The summed E-state index contributed by atoms with van der Waals surface area (Å²) in [5.41, 5.74) is 6.59. The van der Waals surface area contributed by atoms with Gasteiger partial charge in [-0.2, -0.15) is 0 Å². The predicted octanol–water partition coefficient (Wildman–Crippen LogP) is 4.45. The minimum Gasteiger partial charge on any atom is -0.248 e. The number of nitrogens with zero attached hydrogens (tertiary/aromatic N) is 1. The molecule has 0 spiro atoms. The van der Waals surface area contributed by atoms with Crippen LogP contribution in [0.4, 0.5) is 5.69 Å². The van der Waals surface area contributed by atoms with Gasteiger partial charge in [-0.05, 0) is 49.6 Å². The Balaban J connectivity index is 2.41. The van der Waals surface area contributed by atoms with Crippen molar-refractivity contribution >= 4 is 11.4 Å². The first kappa shape index (κ1) is 11.6. The van der Waals surface area contributed by atoms with Crippen LogP contribution in [-0.4, -0.2) is 5.71 Å². The van der Waals surface area contributed by atoms with Gasteiger partial charge in [-0.3, -0.25) is 0 Å². The zero-order valence-electron chi connectivity index (χ0n) is 10.6. The second-order valence-corrected chi connectivity index (χ2v) is 4.53. The van der Waals surface area contributed by atoms with E-state index in [1.165, 1.54) is 16.7 Å². The van der Waals surface area contributed by atoms with Gasteiger partial charge in [-0.1, -0.05) is 36.4 Å². The van der Waals surface area contributed by atoms with Crippen molar-refractivity contribution in [1.29, 1.82) is 0 Å². The van der Waals surface area contributed by atoms with Crippen molar-refractivity contribution in [3.63, 3.8) is 0 Å². The van der Waals surface area contributed by atoms with Crippen LogP contribution in [0.3, 0.4) is 0 Å². The van der Waals surface area contributed by atoms with Gasteiger partial charge in [-0.25, -0.2) is 4.99 Å². The second kappa shape index (κ2) is 4.54. The first-order valence-corrected chi connectivity index (χ1v) is 5.78. The van der Waals surface area contributed by atoms with Crippen molar-refractivity contribution in [3.05, 3.63) is 65.3 Å². The van der Waals surface area contributed by atoms with Crippen LogP contribution in [0, 0.1) is 13.8 Å². The molecule has 2 rings (SSSR count). The summed E-state index contributed by atoms with van der Waals surface area (Å²) in [4.78, 5) is 4.68. The summed E-state index contributed by atoms with van der Waals surface area (Å²) in [5, 5.41) is 0. The Morgan fingerprint density at radius 1 is 1.06 bits per heavy atom. The van der Waals surface area contributed by atoms with E-state index >= 15 is 0 Å². The summed E-state index contributed by atoms with van der Waals surface area (Å²) < 4.78 is 0. The Bertz CT molecular complexity index is 557. The molecule has 1 aromatic carbocycles. The van der Waals surface area contributed by atoms with Gasteiger partial charge in [0.1, 0.15) is 0 Å². The van der Waals surface area contributed by atoms with Gasteiger partial charge >= 0.3 is 0 Å². The monoisotopic (exact) mass is 223 g/mol. The molecule has 1 aromatic rings. The van der Waals surface area contributed by atoms with Crippen LogP contribution in [0.1, 0.15) is 18.1 Å². The SMILES string of the molecule is C=C1C=C(C)C=C/C1=N/c1cc(C)ccc1C. The van der Waals surface area contributed by atoms with Gasteiger partial charge < -0.3 is 0 Å². The molecule has 17 heavy (non-hydrogen) atoms. The lowest BCUT2D eigenvalue weighted by Crippen LogP contribution is -2.00. The summed E-state index contributed by atoms with van der Waals surface area (Å²) in [7, 11) is 0. The number of hydrogen-bond acceptors (Lipinski definition) is 1. The molecule has 0 N–H and O–H groups in total. The summed E-state index contributed by atoms with van der Waals surface area (Å²) in [5.74, 6) is 0. The molecule has 0 bridgehead atoms. The standard InChI is InChI=1S/C16H17N/c1-11-6-8-15(14(4)9-11)17-16-10-12(2)5-7-13(16)3/h5-10H,4H2,1-3H3/b17-15-. The quantitative estimate of drug-likeness (QED) is 0.667. The topological polar surface area (TPSA) is 12.4 Å². The first-order chi connectivity index (χ1) is 8.06. The molecule has 1 nitrogen and oxygen atoms in total. The van der Waals surface area contributed by atoms with Crippen molar-refractivity contribution in [1.82, 2.24) is 0 Å². The smallest absolute Gasteiger partial charge is 0.0703 e. The van der Waals surface area contributed by atoms with Crippen LogP contribution in [0.2, 0.25) is 0 Å². The van der Waals surface area contributed by atoms with E-state index in [-0.39, 0.29) is 0 Å². The van der Waals surface area contributed by atoms with E-state index in [2.05, 4.69) is 62.7 Å². The van der Waals surface area contributed by atoms with Crippen molar-refractivity contribution in [2.24, 2.45) is 4.99 Å². The third kappa shape index (κ3) is 2.62. The molecule has 0 radical (unpaired) electrons. The number of rotatable bonds is 1. The minimum atomic E-state index is 0.948. The maximum Gasteiger partial charge on any atom is 0.0703 e. The highest BCUT2D eigenvalue weighted by atomic mass is 14.7. The number of benzene rings is 1. The Morgan fingerprint density at radius 3 is 2.53 bits per heavy atom. The fourth-order valence-electron chi connectivity index (χ4n) is 1.79. The summed E-state index contributed by atoms with van der Waals surface area (Å²) >= 11 is 0. The lowest BCUT2D eigenvalue weighted by Gasteiger charge is -2.09. The predicted molar refractivity (Wildman–Crippen MR) is 75.0 cm³/mol. The maximum absolute atomic E-state index is 4.68. The minimum absolute atomic E-state index is 0.948. The molecule has 0 saturated carbocycles. The highest BCUT2D eigenvalue weighted by Gasteiger charge is 2.05. The summed E-state index contributed by atoms with van der Waals surface area (Å²) in [6.45, 7) is 10.3. The van der Waals surface area contributed by atoms with Crippen LogP contribution >= 0.6 is 0 Å². The maximum atomic E-state index is 4.68. The lowest BCUT2D eigenvalue weighted by atomic mass is 10.0. The van der Waals surface area contributed by atoms with Gasteiger partial charge in [0, 0.05) is 0 Å². The van der Waals surface area contributed by atoms with E-state index in [0.717, 1.165) is 17.0 Å². The molecule has 0 fully saturated rings. The van der Waals surface area contributed by atoms with Gasteiger partial charge in [0.05, 0.1) is 11.4 Å². The molecule has 1 aliphatic carbocycles. The van der Waals surface area contributed by atoms with Gasteiger partial charge in [0.15, 0.2) is 0 Å². The average molecular weight is 223 g/mol. The molecule has 0 aromatic heterocycles. The Morgan fingerprint density at radius 2 is 1.82 bits per heavy atom. The molecular formula is C16H17N. The van der Waals surface area contributed by atoms with Crippen molar-refractivity contribution in [3.8, 4) is 0 Å². The first-order valence-electron chi connectivity index (χ1n) is 5.78. The fourth-order valence-corrected chi connectivity index (χ4v) is 1.79. The van der Waals surface area contributed by atoms with Crippen molar-refractivity contribution < 1.29 is 0 Å². The van der Waals surface area contributed by atoms with E-state index in [1.807, 2.05) is 6.08 Å². The fraction of sp³-hybridized carbons (Fsp3) is 0.188. The van der Waals surface area contributed by atoms with Crippen LogP contribution in [0.15, 0.2) is 59.1 Å². The highest BCUT2D eigenvalue weighted by molar-refractivity contribution is 6.12. The number of allylic oxidation sites excluding steroid dienone is 5. The molecule has 0 amide bonds. The van der Waals surface area contributed by atoms with E-state index < -0.39 is 0 Å². The zero-order valence-corrected chi connectivity index (χ0v) is 10.6. The molecule has 0 heterocycles. The largest absolute Gasteiger partial charge is 0.248 e. The Kier molecular flexibility index (Phi) is 3.10. The van der Waals surface area contributed by atoms with Crippen LogP contribution < -0.4 is 0 Å². The van der Waals surface area contributed by atoms with Gasteiger partial charge in [0.2, 0.25) is 0 Å². The van der Waals surface area contributed by atoms with Gasteiger partial charge in [0.25, 0.3) is 0 Å². The third-order valence-electron chi connectivity index (χ3n) is 2.84. The van der Waals surface area contributed by atoms with E-state index in [1.54, 1.807) is 0 Å². The Hall–Kier alpha value is -1.89. The number of aliphatic imine (C=N–C) groups is 1. The third-order valence-corrected chi connectivity index (χ3v) is 2.84. The summed E-state index contributed by atoms with van der Waals surface area (Å²) in [6.07, 6.45) is 6.15. The summed E-state index contributed by atoms with van der Waals surface area (Å²) in [6, 6.07) is 6.31. The van der Waals surface area contributed by atoms with E-state index in [9.17, 15) is 0 Å². The normalized spacial score (nSPS) is 17.5. The molecule has 0 aliphatic heterocycles. The molecule has 1 heteroatoms. The van der Waals surface area contributed by atoms with Crippen molar-refractivity contribution in [2.45, 2.75) is 20.8 Å². The van der Waals surface area contributed by atoms with Crippen LogP contribution in [-0.2, 0) is 0 Å². The van der Waals surface area contributed by atoms with Gasteiger partial charge in [-0.15, -0.1) is 0 Å².